The number of hydrogen-bond acceptors (Lipinski definition) is 4. The van der Waals surface area contributed by atoms with Crippen molar-refractivity contribution in [1.82, 2.24) is 5.32 Å². The Morgan fingerprint density at radius 2 is 2.04 bits per heavy atom. The largest absolute Gasteiger partial charge is 0.490 e. The standard InChI is InChI=1S/C20H22ClNO3S/c21-15-7-9-17(10-8-15)26-13-11-22-20(23)18-5-1-2-6-19(18)25-14-16-4-3-12-24-16/h1-2,5-10,16H,3-4,11-14H2,(H,22,23). The minimum Gasteiger partial charge on any atom is -0.490 e. The summed E-state index contributed by atoms with van der Waals surface area (Å²) in [6.07, 6.45) is 2.21. The van der Waals surface area contributed by atoms with Crippen molar-refractivity contribution in [3.8, 4) is 5.75 Å². The Morgan fingerprint density at radius 1 is 1.23 bits per heavy atom. The zero-order valence-electron chi connectivity index (χ0n) is 14.4. The van der Waals surface area contributed by atoms with Crippen LogP contribution in [0.25, 0.3) is 0 Å². The van der Waals surface area contributed by atoms with Crippen LogP contribution in [0.5, 0.6) is 5.75 Å². The molecule has 138 valence electrons. The monoisotopic (exact) mass is 391 g/mol. The van der Waals surface area contributed by atoms with Crippen LogP contribution in [-0.4, -0.2) is 37.5 Å². The van der Waals surface area contributed by atoms with Gasteiger partial charge in [0.1, 0.15) is 12.4 Å². The van der Waals surface area contributed by atoms with Gasteiger partial charge in [-0.15, -0.1) is 11.8 Å². The zero-order chi connectivity index (χ0) is 18.2. The summed E-state index contributed by atoms with van der Waals surface area (Å²) in [6.45, 7) is 1.85. The third kappa shape index (κ3) is 5.66. The number of carbonyl (C=O) groups is 1. The Hall–Kier alpha value is -1.69. The van der Waals surface area contributed by atoms with E-state index in [1.165, 1.54) is 0 Å². The molecule has 1 atom stereocenters. The van der Waals surface area contributed by atoms with E-state index in [0.717, 1.165) is 35.1 Å². The molecule has 1 N–H and O–H groups in total. The average Bonchev–Trinajstić information content (AvgIpc) is 3.19. The average molecular weight is 392 g/mol. The lowest BCUT2D eigenvalue weighted by Crippen LogP contribution is -2.26. The lowest BCUT2D eigenvalue weighted by atomic mass is 10.2. The molecule has 0 aliphatic carbocycles. The summed E-state index contributed by atoms with van der Waals surface area (Å²) in [5, 5.41) is 3.68. The smallest absolute Gasteiger partial charge is 0.255 e. The van der Waals surface area contributed by atoms with E-state index >= 15 is 0 Å². The maximum absolute atomic E-state index is 12.5. The maximum Gasteiger partial charge on any atom is 0.255 e. The molecule has 1 saturated heterocycles. The van der Waals surface area contributed by atoms with Crippen LogP contribution in [0.15, 0.2) is 53.4 Å². The molecular weight excluding hydrogens is 370 g/mol. The van der Waals surface area contributed by atoms with E-state index in [1.807, 2.05) is 42.5 Å². The first-order chi connectivity index (χ1) is 12.7. The van der Waals surface area contributed by atoms with Gasteiger partial charge in [0.25, 0.3) is 5.91 Å². The van der Waals surface area contributed by atoms with Crippen LogP contribution in [0, 0.1) is 0 Å². The minimum atomic E-state index is -0.121. The van der Waals surface area contributed by atoms with Crippen molar-refractivity contribution in [2.75, 3.05) is 25.5 Å². The fourth-order valence-corrected chi connectivity index (χ4v) is 3.59. The highest BCUT2D eigenvalue weighted by atomic mass is 35.5. The minimum absolute atomic E-state index is 0.121. The topological polar surface area (TPSA) is 47.6 Å². The second-order valence-electron chi connectivity index (χ2n) is 6.00. The lowest BCUT2D eigenvalue weighted by molar-refractivity contribution is 0.0671. The summed E-state index contributed by atoms with van der Waals surface area (Å²) in [4.78, 5) is 13.6. The van der Waals surface area contributed by atoms with Gasteiger partial charge in [0.15, 0.2) is 0 Å². The van der Waals surface area contributed by atoms with Crippen molar-refractivity contribution >= 4 is 29.3 Å². The lowest BCUT2D eigenvalue weighted by Gasteiger charge is -2.14. The Bertz CT molecular complexity index is 717. The Balaban J connectivity index is 1.46. The number of ether oxygens (including phenoxy) is 2. The Morgan fingerprint density at radius 3 is 2.81 bits per heavy atom. The molecule has 2 aromatic rings. The Kier molecular flexibility index (Phi) is 7.23. The predicted molar refractivity (Wildman–Crippen MR) is 105 cm³/mol. The zero-order valence-corrected chi connectivity index (χ0v) is 16.0. The van der Waals surface area contributed by atoms with Crippen LogP contribution in [-0.2, 0) is 4.74 Å². The van der Waals surface area contributed by atoms with Crippen LogP contribution in [0.1, 0.15) is 23.2 Å². The molecule has 4 nitrogen and oxygen atoms in total. The number of thioether (sulfide) groups is 1. The maximum atomic E-state index is 12.5. The summed E-state index contributed by atoms with van der Waals surface area (Å²) >= 11 is 7.55. The number of amides is 1. The van der Waals surface area contributed by atoms with Crippen molar-refractivity contribution in [3.63, 3.8) is 0 Å². The molecule has 1 aliphatic heterocycles. The molecule has 1 amide bonds. The molecule has 2 aromatic carbocycles. The van der Waals surface area contributed by atoms with E-state index < -0.39 is 0 Å². The third-order valence-electron chi connectivity index (χ3n) is 4.05. The normalized spacial score (nSPS) is 16.4. The number of rotatable bonds is 8. The second-order valence-corrected chi connectivity index (χ2v) is 7.61. The first kappa shape index (κ1) is 19.1. The first-order valence-corrected chi connectivity index (χ1v) is 10.1. The number of carbonyl (C=O) groups excluding carboxylic acids is 1. The van der Waals surface area contributed by atoms with Gasteiger partial charge >= 0.3 is 0 Å². The molecule has 1 unspecified atom stereocenters. The van der Waals surface area contributed by atoms with Gasteiger partial charge in [0.2, 0.25) is 0 Å². The number of halogens is 1. The highest BCUT2D eigenvalue weighted by Gasteiger charge is 2.18. The molecule has 0 bridgehead atoms. The molecule has 3 rings (SSSR count). The van der Waals surface area contributed by atoms with Crippen molar-refractivity contribution in [2.45, 2.75) is 23.8 Å². The van der Waals surface area contributed by atoms with Gasteiger partial charge < -0.3 is 14.8 Å². The van der Waals surface area contributed by atoms with E-state index in [-0.39, 0.29) is 12.0 Å². The molecule has 0 aromatic heterocycles. The summed E-state index contributed by atoms with van der Waals surface area (Å²) < 4.78 is 11.4. The first-order valence-electron chi connectivity index (χ1n) is 8.72. The molecule has 0 spiro atoms. The molecule has 1 fully saturated rings. The molecule has 1 aliphatic rings. The van der Waals surface area contributed by atoms with Crippen molar-refractivity contribution in [2.24, 2.45) is 0 Å². The van der Waals surface area contributed by atoms with Gasteiger partial charge in [-0.2, -0.15) is 0 Å². The summed E-state index contributed by atoms with van der Waals surface area (Å²) in [6, 6.07) is 15.0. The molecule has 0 saturated carbocycles. The third-order valence-corrected chi connectivity index (χ3v) is 5.32. The summed E-state index contributed by atoms with van der Waals surface area (Å²) in [7, 11) is 0. The molecule has 1 heterocycles. The number of benzene rings is 2. The van der Waals surface area contributed by atoms with Crippen LogP contribution in [0.4, 0.5) is 0 Å². The molecule has 6 heteroatoms. The van der Waals surface area contributed by atoms with E-state index in [0.29, 0.717) is 24.5 Å². The van der Waals surface area contributed by atoms with Crippen LogP contribution < -0.4 is 10.1 Å². The van der Waals surface area contributed by atoms with Crippen molar-refractivity contribution in [1.29, 1.82) is 0 Å². The highest BCUT2D eigenvalue weighted by Crippen LogP contribution is 2.21. The fraction of sp³-hybridized carbons (Fsp3) is 0.350. The number of nitrogens with one attached hydrogen (secondary N) is 1. The van der Waals surface area contributed by atoms with Gasteiger partial charge in [-0.3, -0.25) is 4.79 Å². The molecule has 26 heavy (non-hydrogen) atoms. The quantitative estimate of drug-likeness (QED) is 0.534. The fourth-order valence-electron chi connectivity index (χ4n) is 2.70. The molecular formula is C20H22ClNO3S. The number of hydrogen-bond donors (Lipinski definition) is 1. The van der Waals surface area contributed by atoms with Crippen molar-refractivity contribution in [3.05, 3.63) is 59.1 Å². The predicted octanol–water partition coefficient (Wildman–Crippen LogP) is 4.42. The van der Waals surface area contributed by atoms with Gasteiger partial charge in [0.05, 0.1) is 11.7 Å². The number of para-hydroxylation sites is 1. The SMILES string of the molecule is O=C(NCCSc1ccc(Cl)cc1)c1ccccc1OCC1CCCO1. The molecule has 0 radical (unpaired) electrons. The van der Waals surface area contributed by atoms with Gasteiger partial charge in [-0.25, -0.2) is 0 Å². The van der Waals surface area contributed by atoms with Crippen LogP contribution in [0.2, 0.25) is 5.02 Å². The summed E-state index contributed by atoms with van der Waals surface area (Å²) in [5.74, 6) is 1.27. The van der Waals surface area contributed by atoms with Gasteiger partial charge in [-0.05, 0) is 49.2 Å². The van der Waals surface area contributed by atoms with E-state index in [2.05, 4.69) is 5.32 Å². The van der Waals surface area contributed by atoms with E-state index in [1.54, 1.807) is 17.8 Å². The highest BCUT2D eigenvalue weighted by molar-refractivity contribution is 7.99. The Labute approximate surface area is 163 Å². The van der Waals surface area contributed by atoms with E-state index in [9.17, 15) is 4.79 Å². The van der Waals surface area contributed by atoms with Crippen molar-refractivity contribution < 1.29 is 14.3 Å². The van der Waals surface area contributed by atoms with Gasteiger partial charge in [0, 0.05) is 28.8 Å². The van der Waals surface area contributed by atoms with Crippen LogP contribution in [0.3, 0.4) is 0 Å². The summed E-state index contributed by atoms with van der Waals surface area (Å²) in [5.41, 5.74) is 0.557. The van der Waals surface area contributed by atoms with Crippen LogP contribution >= 0.6 is 23.4 Å². The second kappa shape index (κ2) is 9.86. The van der Waals surface area contributed by atoms with E-state index in [4.69, 9.17) is 21.1 Å². The van der Waals surface area contributed by atoms with Gasteiger partial charge in [-0.1, -0.05) is 23.7 Å².